The van der Waals surface area contributed by atoms with Crippen molar-refractivity contribution in [3.8, 4) is 0 Å². The summed E-state index contributed by atoms with van der Waals surface area (Å²) in [4.78, 5) is 11.1. The van der Waals surface area contributed by atoms with Crippen molar-refractivity contribution in [2.45, 2.75) is 38.7 Å². The summed E-state index contributed by atoms with van der Waals surface area (Å²) in [5.41, 5.74) is 5.32. The van der Waals surface area contributed by atoms with Crippen LogP contribution in [-0.2, 0) is 9.53 Å². The molecule has 4 N–H and O–H groups in total. The summed E-state index contributed by atoms with van der Waals surface area (Å²) in [6.45, 7) is 3.84. The first-order chi connectivity index (χ1) is 8.11. The molecule has 0 aromatic carbocycles. The van der Waals surface area contributed by atoms with Gasteiger partial charge in [0, 0.05) is 6.54 Å². The zero-order valence-electron chi connectivity index (χ0n) is 10.9. The number of unbranched alkanes of at least 4 members (excludes halogenated alkanes) is 1. The SMILES string of the molecule is COC(=O)C(C)CCCCNCC(O)CCN. The van der Waals surface area contributed by atoms with Crippen LogP contribution in [0.5, 0.6) is 0 Å². The van der Waals surface area contributed by atoms with E-state index in [-0.39, 0.29) is 18.0 Å². The number of nitrogens with one attached hydrogen (secondary N) is 1. The van der Waals surface area contributed by atoms with E-state index in [4.69, 9.17) is 5.73 Å². The van der Waals surface area contributed by atoms with Crippen molar-refractivity contribution in [1.29, 1.82) is 0 Å². The van der Waals surface area contributed by atoms with Crippen molar-refractivity contribution in [1.82, 2.24) is 5.32 Å². The molecule has 0 fully saturated rings. The fourth-order valence-corrected chi connectivity index (χ4v) is 1.58. The number of methoxy groups -OCH3 is 1. The van der Waals surface area contributed by atoms with Crippen LogP contribution < -0.4 is 11.1 Å². The van der Waals surface area contributed by atoms with Gasteiger partial charge in [-0.1, -0.05) is 13.3 Å². The van der Waals surface area contributed by atoms with Crippen LogP contribution in [0.15, 0.2) is 0 Å². The lowest BCUT2D eigenvalue weighted by Gasteiger charge is -2.11. The van der Waals surface area contributed by atoms with Gasteiger partial charge in [-0.3, -0.25) is 4.79 Å². The maximum absolute atomic E-state index is 11.1. The molecule has 17 heavy (non-hydrogen) atoms. The van der Waals surface area contributed by atoms with Crippen molar-refractivity contribution in [2.24, 2.45) is 11.7 Å². The normalized spacial score (nSPS) is 14.4. The first-order valence-corrected chi connectivity index (χ1v) is 6.28. The molecule has 5 nitrogen and oxygen atoms in total. The van der Waals surface area contributed by atoms with Crippen molar-refractivity contribution < 1.29 is 14.6 Å². The zero-order valence-corrected chi connectivity index (χ0v) is 10.9. The Morgan fingerprint density at radius 3 is 2.71 bits per heavy atom. The number of ether oxygens (including phenoxy) is 1. The number of carbonyl (C=O) groups excluding carboxylic acids is 1. The number of aliphatic hydroxyl groups excluding tert-OH is 1. The molecule has 102 valence electrons. The number of esters is 1. The molecular formula is C12H26N2O3. The quantitative estimate of drug-likeness (QED) is 0.380. The van der Waals surface area contributed by atoms with E-state index in [1.54, 1.807) is 0 Å². The van der Waals surface area contributed by atoms with Gasteiger partial charge in [-0.15, -0.1) is 0 Å². The predicted octanol–water partition coefficient (Wildman–Crippen LogP) is 0.265. The van der Waals surface area contributed by atoms with Gasteiger partial charge in [-0.05, 0) is 32.4 Å². The molecule has 0 radical (unpaired) electrons. The van der Waals surface area contributed by atoms with Gasteiger partial charge in [0.05, 0.1) is 19.1 Å². The molecule has 0 saturated heterocycles. The zero-order chi connectivity index (χ0) is 13.1. The second-order valence-corrected chi connectivity index (χ2v) is 4.36. The van der Waals surface area contributed by atoms with Crippen molar-refractivity contribution in [3.63, 3.8) is 0 Å². The number of carbonyl (C=O) groups is 1. The Bertz CT molecular complexity index is 200. The lowest BCUT2D eigenvalue weighted by Crippen LogP contribution is -2.29. The minimum Gasteiger partial charge on any atom is -0.469 e. The second-order valence-electron chi connectivity index (χ2n) is 4.36. The smallest absolute Gasteiger partial charge is 0.308 e. The maximum Gasteiger partial charge on any atom is 0.308 e. The Hall–Kier alpha value is -0.650. The number of rotatable bonds is 10. The lowest BCUT2D eigenvalue weighted by molar-refractivity contribution is -0.145. The van der Waals surface area contributed by atoms with Crippen molar-refractivity contribution >= 4 is 5.97 Å². The standard InChI is InChI=1S/C12H26N2O3/c1-10(12(16)17-2)5-3-4-8-14-9-11(15)6-7-13/h10-11,14-15H,3-9,13H2,1-2H3. The Morgan fingerprint density at radius 2 is 2.12 bits per heavy atom. The third kappa shape index (κ3) is 9.09. The van der Waals surface area contributed by atoms with Crippen LogP contribution in [0.4, 0.5) is 0 Å². The fourth-order valence-electron chi connectivity index (χ4n) is 1.58. The molecule has 0 saturated carbocycles. The van der Waals surface area contributed by atoms with Crippen LogP contribution in [0.1, 0.15) is 32.6 Å². The monoisotopic (exact) mass is 246 g/mol. The summed E-state index contributed by atoms with van der Waals surface area (Å²) in [5, 5.41) is 12.6. The number of hydrogen-bond donors (Lipinski definition) is 3. The molecule has 0 heterocycles. The summed E-state index contributed by atoms with van der Waals surface area (Å²) in [6, 6.07) is 0. The minimum absolute atomic E-state index is 0.0252. The second kappa shape index (κ2) is 10.5. The third-order valence-corrected chi connectivity index (χ3v) is 2.72. The van der Waals surface area contributed by atoms with Crippen LogP contribution in [0, 0.1) is 5.92 Å². The van der Waals surface area contributed by atoms with E-state index in [1.165, 1.54) is 7.11 Å². The first kappa shape index (κ1) is 16.4. The maximum atomic E-state index is 11.1. The Kier molecular flexibility index (Phi) is 10.1. The molecule has 0 amide bonds. The molecule has 0 spiro atoms. The van der Waals surface area contributed by atoms with Gasteiger partial charge in [-0.25, -0.2) is 0 Å². The van der Waals surface area contributed by atoms with Crippen molar-refractivity contribution in [2.75, 3.05) is 26.7 Å². The highest BCUT2D eigenvalue weighted by atomic mass is 16.5. The Balaban J connectivity index is 3.32. The van der Waals surface area contributed by atoms with Gasteiger partial charge in [0.25, 0.3) is 0 Å². The van der Waals surface area contributed by atoms with E-state index in [0.717, 1.165) is 25.8 Å². The largest absolute Gasteiger partial charge is 0.469 e. The molecule has 0 bridgehead atoms. The molecule has 0 aromatic heterocycles. The summed E-state index contributed by atoms with van der Waals surface area (Å²) < 4.78 is 4.65. The van der Waals surface area contributed by atoms with Crippen molar-refractivity contribution in [3.05, 3.63) is 0 Å². The molecule has 2 unspecified atom stereocenters. The minimum atomic E-state index is -0.353. The fraction of sp³-hybridized carbons (Fsp3) is 0.917. The lowest BCUT2D eigenvalue weighted by atomic mass is 10.0. The molecule has 5 heteroatoms. The van der Waals surface area contributed by atoms with Gasteiger partial charge >= 0.3 is 5.97 Å². The van der Waals surface area contributed by atoms with E-state index in [9.17, 15) is 9.90 Å². The van der Waals surface area contributed by atoms with Crippen LogP contribution in [0.3, 0.4) is 0 Å². The first-order valence-electron chi connectivity index (χ1n) is 6.28. The summed E-state index contributed by atoms with van der Waals surface area (Å²) in [5.74, 6) is -0.167. The van der Waals surface area contributed by atoms with Gasteiger partial charge in [0.15, 0.2) is 0 Å². The summed E-state index contributed by atoms with van der Waals surface area (Å²) >= 11 is 0. The third-order valence-electron chi connectivity index (χ3n) is 2.72. The highest BCUT2D eigenvalue weighted by Gasteiger charge is 2.11. The number of hydrogen-bond acceptors (Lipinski definition) is 5. The molecule has 2 atom stereocenters. The van der Waals surface area contributed by atoms with E-state index in [0.29, 0.717) is 19.5 Å². The topological polar surface area (TPSA) is 84.6 Å². The molecule has 0 aliphatic heterocycles. The van der Waals surface area contributed by atoms with Crippen LogP contribution in [0.25, 0.3) is 0 Å². The van der Waals surface area contributed by atoms with E-state index in [2.05, 4.69) is 10.1 Å². The van der Waals surface area contributed by atoms with E-state index >= 15 is 0 Å². The van der Waals surface area contributed by atoms with Gasteiger partial charge in [-0.2, -0.15) is 0 Å². The molecular weight excluding hydrogens is 220 g/mol. The highest BCUT2D eigenvalue weighted by Crippen LogP contribution is 2.08. The summed E-state index contributed by atoms with van der Waals surface area (Å²) in [6.07, 6.45) is 3.10. The van der Waals surface area contributed by atoms with Gasteiger partial charge in [0.1, 0.15) is 0 Å². The van der Waals surface area contributed by atoms with E-state index < -0.39 is 0 Å². The number of aliphatic hydroxyl groups is 1. The molecule has 0 aromatic rings. The summed E-state index contributed by atoms with van der Waals surface area (Å²) in [7, 11) is 1.42. The molecule has 0 aliphatic rings. The van der Waals surface area contributed by atoms with Crippen LogP contribution >= 0.6 is 0 Å². The Morgan fingerprint density at radius 1 is 1.41 bits per heavy atom. The van der Waals surface area contributed by atoms with Gasteiger partial charge < -0.3 is 20.9 Å². The molecule has 0 aliphatic carbocycles. The van der Waals surface area contributed by atoms with Crippen LogP contribution in [0.2, 0.25) is 0 Å². The highest BCUT2D eigenvalue weighted by molar-refractivity contribution is 5.71. The average Bonchev–Trinajstić information content (AvgIpc) is 2.32. The van der Waals surface area contributed by atoms with Gasteiger partial charge in [0.2, 0.25) is 0 Å². The van der Waals surface area contributed by atoms with Crippen LogP contribution in [-0.4, -0.2) is 43.9 Å². The molecule has 0 rings (SSSR count). The number of nitrogens with two attached hydrogens (primary N) is 1. The van der Waals surface area contributed by atoms with E-state index in [1.807, 2.05) is 6.92 Å². The Labute approximate surface area is 104 Å². The average molecular weight is 246 g/mol. The predicted molar refractivity (Wildman–Crippen MR) is 67.6 cm³/mol.